The zero-order valence-corrected chi connectivity index (χ0v) is 18.4. The quantitative estimate of drug-likeness (QED) is 0.351. The van der Waals surface area contributed by atoms with Crippen molar-refractivity contribution in [3.8, 4) is 22.7 Å². The highest BCUT2D eigenvalue weighted by atomic mass is 79.9. The maximum Gasteiger partial charge on any atom is 0.248 e. The molecule has 0 atom stereocenters. The maximum atomic E-state index is 12.4. The molecule has 0 saturated heterocycles. The van der Waals surface area contributed by atoms with E-state index in [1.807, 2.05) is 65.5 Å². The Bertz CT molecular complexity index is 1200. The molecule has 0 saturated carbocycles. The minimum atomic E-state index is -0.223. The average Bonchev–Trinajstić information content (AvgIpc) is 3.24. The lowest BCUT2D eigenvalue weighted by atomic mass is 10.1. The van der Waals surface area contributed by atoms with Gasteiger partial charge in [-0.3, -0.25) is 4.79 Å². The lowest BCUT2D eigenvalue weighted by molar-refractivity contribution is -0.111. The molecule has 6 heteroatoms. The van der Waals surface area contributed by atoms with E-state index >= 15 is 0 Å². The molecule has 154 valence electrons. The fourth-order valence-electron chi connectivity index (χ4n) is 3.08. The minimum absolute atomic E-state index is 0.223. The molecule has 1 amide bonds. The topological polar surface area (TPSA) is 56.1 Å². The van der Waals surface area contributed by atoms with E-state index in [4.69, 9.17) is 9.84 Å². The number of ether oxygens (including phenoxy) is 1. The van der Waals surface area contributed by atoms with Gasteiger partial charge in [-0.2, -0.15) is 5.10 Å². The number of amides is 1. The number of halogens is 1. The highest BCUT2D eigenvalue weighted by molar-refractivity contribution is 9.10. The lowest BCUT2D eigenvalue weighted by Crippen LogP contribution is -2.07. The zero-order chi connectivity index (χ0) is 21.6. The van der Waals surface area contributed by atoms with Gasteiger partial charge >= 0.3 is 0 Å². The number of nitrogens with zero attached hydrogens (tertiary/aromatic N) is 2. The molecule has 0 aliphatic carbocycles. The standard InChI is InChI=1S/C25H20BrN3O2/c1-31-23-14-12-21(13-15-23)27-24(30)16-9-19-17-29(22-5-3-2-4-6-22)28-25(19)18-7-10-20(26)11-8-18/h2-17H,1H3,(H,27,30)/b16-9+. The summed E-state index contributed by atoms with van der Waals surface area (Å²) >= 11 is 3.47. The first-order chi connectivity index (χ1) is 15.1. The Morgan fingerprint density at radius 3 is 2.39 bits per heavy atom. The number of carbonyl (C=O) groups excluding carboxylic acids is 1. The van der Waals surface area contributed by atoms with Crippen molar-refractivity contribution in [3.63, 3.8) is 0 Å². The molecular formula is C25H20BrN3O2. The van der Waals surface area contributed by atoms with Crippen LogP contribution in [0.4, 0.5) is 5.69 Å². The second-order valence-corrected chi connectivity index (χ2v) is 7.69. The molecule has 1 N–H and O–H groups in total. The molecule has 0 unspecified atom stereocenters. The van der Waals surface area contributed by atoms with Crippen molar-refractivity contribution in [3.05, 3.63) is 101 Å². The summed E-state index contributed by atoms with van der Waals surface area (Å²) in [6.45, 7) is 0. The minimum Gasteiger partial charge on any atom is -0.497 e. The Kier molecular flexibility index (Phi) is 6.29. The van der Waals surface area contributed by atoms with E-state index in [0.29, 0.717) is 5.69 Å². The van der Waals surface area contributed by atoms with Gasteiger partial charge in [-0.1, -0.05) is 46.3 Å². The van der Waals surface area contributed by atoms with Gasteiger partial charge in [0, 0.05) is 33.6 Å². The largest absolute Gasteiger partial charge is 0.497 e. The summed E-state index contributed by atoms with van der Waals surface area (Å²) in [5.74, 6) is 0.514. The molecule has 5 nitrogen and oxygen atoms in total. The summed E-state index contributed by atoms with van der Waals surface area (Å²) in [5, 5.41) is 7.62. The second kappa shape index (κ2) is 9.45. The number of benzene rings is 3. The monoisotopic (exact) mass is 473 g/mol. The molecule has 1 heterocycles. The van der Waals surface area contributed by atoms with Crippen LogP contribution in [0.3, 0.4) is 0 Å². The first kappa shape index (κ1) is 20.6. The summed E-state index contributed by atoms with van der Waals surface area (Å²) in [5.41, 5.74) is 4.25. The first-order valence-corrected chi connectivity index (χ1v) is 10.5. The fourth-order valence-corrected chi connectivity index (χ4v) is 3.34. The van der Waals surface area contributed by atoms with Gasteiger partial charge in [0.15, 0.2) is 0 Å². The van der Waals surface area contributed by atoms with Crippen molar-refractivity contribution in [2.75, 3.05) is 12.4 Å². The van der Waals surface area contributed by atoms with Gasteiger partial charge < -0.3 is 10.1 Å². The fraction of sp³-hybridized carbons (Fsp3) is 0.0400. The molecule has 0 radical (unpaired) electrons. The van der Waals surface area contributed by atoms with Crippen LogP contribution < -0.4 is 10.1 Å². The van der Waals surface area contributed by atoms with E-state index in [9.17, 15) is 4.79 Å². The van der Waals surface area contributed by atoms with Crippen LogP contribution in [0.2, 0.25) is 0 Å². The van der Waals surface area contributed by atoms with Gasteiger partial charge in [0.2, 0.25) is 5.91 Å². The van der Waals surface area contributed by atoms with Crippen LogP contribution in [-0.4, -0.2) is 22.8 Å². The molecule has 0 aliphatic rings. The van der Waals surface area contributed by atoms with Crippen LogP contribution >= 0.6 is 15.9 Å². The third kappa shape index (κ3) is 5.10. The molecule has 1 aromatic heterocycles. The van der Waals surface area contributed by atoms with Crippen LogP contribution in [0.15, 0.2) is 95.6 Å². The van der Waals surface area contributed by atoms with Crippen molar-refractivity contribution in [2.24, 2.45) is 0 Å². The van der Waals surface area contributed by atoms with Gasteiger partial charge in [-0.15, -0.1) is 0 Å². The maximum absolute atomic E-state index is 12.4. The van der Waals surface area contributed by atoms with E-state index in [1.165, 1.54) is 6.08 Å². The number of aromatic nitrogens is 2. The molecule has 3 aromatic carbocycles. The number of hydrogen-bond acceptors (Lipinski definition) is 3. The van der Waals surface area contributed by atoms with Crippen molar-refractivity contribution < 1.29 is 9.53 Å². The third-order valence-electron chi connectivity index (χ3n) is 4.65. The summed E-state index contributed by atoms with van der Waals surface area (Å²) in [6.07, 6.45) is 5.21. The van der Waals surface area contributed by atoms with Crippen molar-refractivity contribution in [1.82, 2.24) is 9.78 Å². The molecule has 31 heavy (non-hydrogen) atoms. The molecule has 0 bridgehead atoms. The Morgan fingerprint density at radius 1 is 1.00 bits per heavy atom. The van der Waals surface area contributed by atoms with Gasteiger partial charge in [-0.05, 0) is 54.6 Å². The number of hydrogen-bond donors (Lipinski definition) is 1. The van der Waals surface area contributed by atoms with Crippen molar-refractivity contribution in [1.29, 1.82) is 0 Å². The molecule has 4 rings (SSSR count). The summed E-state index contributed by atoms with van der Waals surface area (Å²) in [7, 11) is 1.61. The van der Waals surface area contributed by atoms with Crippen LogP contribution in [-0.2, 0) is 4.79 Å². The predicted octanol–water partition coefficient (Wildman–Crippen LogP) is 5.96. The predicted molar refractivity (Wildman–Crippen MR) is 127 cm³/mol. The van der Waals surface area contributed by atoms with E-state index in [1.54, 1.807) is 37.5 Å². The third-order valence-corrected chi connectivity index (χ3v) is 5.18. The molecule has 0 fully saturated rings. The molecule has 0 aliphatic heterocycles. The molecular weight excluding hydrogens is 454 g/mol. The van der Waals surface area contributed by atoms with E-state index in [2.05, 4.69) is 21.2 Å². The van der Waals surface area contributed by atoms with Crippen LogP contribution in [0.5, 0.6) is 5.75 Å². The zero-order valence-electron chi connectivity index (χ0n) is 16.8. The Hall–Kier alpha value is -3.64. The smallest absolute Gasteiger partial charge is 0.248 e. The Balaban J connectivity index is 1.61. The highest BCUT2D eigenvalue weighted by Crippen LogP contribution is 2.26. The highest BCUT2D eigenvalue weighted by Gasteiger charge is 2.11. The number of carbonyl (C=O) groups is 1. The van der Waals surface area contributed by atoms with Crippen LogP contribution in [0.25, 0.3) is 23.0 Å². The Labute approximate surface area is 189 Å². The first-order valence-electron chi connectivity index (χ1n) is 9.66. The normalized spacial score (nSPS) is 10.9. The van der Waals surface area contributed by atoms with Crippen molar-refractivity contribution in [2.45, 2.75) is 0 Å². The van der Waals surface area contributed by atoms with Gasteiger partial charge in [0.25, 0.3) is 0 Å². The number of methoxy groups -OCH3 is 1. The lowest BCUT2D eigenvalue weighted by Gasteiger charge is -2.03. The number of para-hydroxylation sites is 1. The molecule has 0 spiro atoms. The van der Waals surface area contributed by atoms with E-state index in [-0.39, 0.29) is 5.91 Å². The van der Waals surface area contributed by atoms with Crippen LogP contribution in [0.1, 0.15) is 5.56 Å². The summed E-state index contributed by atoms with van der Waals surface area (Å²) in [6, 6.07) is 25.0. The summed E-state index contributed by atoms with van der Waals surface area (Å²) in [4.78, 5) is 12.4. The average molecular weight is 474 g/mol. The Morgan fingerprint density at radius 2 is 1.71 bits per heavy atom. The van der Waals surface area contributed by atoms with E-state index in [0.717, 1.165) is 32.7 Å². The summed E-state index contributed by atoms with van der Waals surface area (Å²) < 4.78 is 7.95. The number of rotatable bonds is 6. The SMILES string of the molecule is COc1ccc(NC(=O)/C=C/c2cn(-c3ccccc3)nc2-c2ccc(Br)cc2)cc1. The van der Waals surface area contributed by atoms with Gasteiger partial charge in [0.05, 0.1) is 18.5 Å². The van der Waals surface area contributed by atoms with Gasteiger partial charge in [-0.25, -0.2) is 4.68 Å². The van der Waals surface area contributed by atoms with Gasteiger partial charge in [0.1, 0.15) is 5.75 Å². The molecule has 4 aromatic rings. The van der Waals surface area contributed by atoms with Crippen molar-refractivity contribution >= 4 is 33.6 Å². The number of anilines is 1. The van der Waals surface area contributed by atoms with Crippen LogP contribution in [0, 0.1) is 0 Å². The van der Waals surface area contributed by atoms with E-state index < -0.39 is 0 Å². The second-order valence-electron chi connectivity index (χ2n) is 6.77. The number of nitrogens with one attached hydrogen (secondary N) is 1.